The van der Waals surface area contributed by atoms with Crippen molar-refractivity contribution in [3.8, 4) is 42.4 Å². The third-order valence-corrected chi connectivity index (χ3v) is 19.1. The summed E-state index contributed by atoms with van der Waals surface area (Å²) < 4.78 is 20.7. The monoisotopic (exact) mass is 954 g/mol. The zero-order chi connectivity index (χ0) is 45.7. The summed E-state index contributed by atoms with van der Waals surface area (Å²) in [6.07, 6.45) is 30.5. The van der Waals surface area contributed by atoms with E-state index in [1.807, 2.05) is 22.7 Å². The van der Waals surface area contributed by atoms with Crippen LogP contribution >= 0.6 is 46.1 Å². The minimum Gasteiger partial charge on any atom is -0.173 e. The lowest BCUT2D eigenvalue weighted by atomic mass is 9.68. The Hall–Kier alpha value is -3.30. The van der Waals surface area contributed by atoms with E-state index in [-0.39, 0.29) is 10.8 Å². The van der Waals surface area contributed by atoms with Crippen LogP contribution in [0.3, 0.4) is 0 Å². The molecule has 3 aromatic carbocycles. The SMILES string of the molecule is CCCCCCCC1(CCCCCCC)c2cc3c(cc2-c2c1cc(C)c1nsnc21)C(CCCCCCC)(CCCCCCC)c1cc(-c2ccc(-c4ccc(C)s4)s2)c2nsnc2c1-3. The van der Waals surface area contributed by atoms with Gasteiger partial charge in [0.1, 0.15) is 22.1 Å². The van der Waals surface area contributed by atoms with Gasteiger partial charge < -0.3 is 0 Å². The Morgan fingerprint density at radius 2 is 0.773 bits per heavy atom. The van der Waals surface area contributed by atoms with E-state index in [0.717, 1.165) is 22.1 Å². The van der Waals surface area contributed by atoms with Crippen molar-refractivity contribution in [2.45, 2.75) is 206 Å². The van der Waals surface area contributed by atoms with Crippen molar-refractivity contribution in [1.82, 2.24) is 17.5 Å². The van der Waals surface area contributed by atoms with Crippen LogP contribution in [0.25, 0.3) is 64.5 Å². The van der Waals surface area contributed by atoms with Gasteiger partial charge in [-0.3, -0.25) is 0 Å². The molecule has 9 rings (SSSR count). The molecule has 0 fully saturated rings. The second-order valence-corrected chi connectivity index (χ2v) is 23.7. The third kappa shape index (κ3) is 9.04. The first kappa shape index (κ1) is 47.8. The Morgan fingerprint density at radius 3 is 1.26 bits per heavy atom. The number of hydrogen-bond acceptors (Lipinski definition) is 8. The van der Waals surface area contributed by atoms with Crippen LogP contribution in [0.1, 0.15) is 214 Å². The molecule has 4 aromatic heterocycles. The molecule has 7 aromatic rings. The summed E-state index contributed by atoms with van der Waals surface area (Å²) in [6.45, 7) is 13.9. The molecule has 0 atom stereocenters. The molecule has 0 amide bonds. The molecule has 350 valence electrons. The van der Waals surface area contributed by atoms with Gasteiger partial charge in [0.05, 0.1) is 23.5 Å². The molecule has 0 unspecified atom stereocenters. The van der Waals surface area contributed by atoms with Gasteiger partial charge in [-0.05, 0) is 121 Å². The maximum atomic E-state index is 5.34. The largest absolute Gasteiger partial charge is 0.173 e. The minimum atomic E-state index is -0.106. The minimum absolute atomic E-state index is 0.0562. The fourth-order valence-corrected chi connectivity index (χ4v) is 15.4. The van der Waals surface area contributed by atoms with E-state index in [1.165, 1.54) is 236 Å². The van der Waals surface area contributed by atoms with Crippen molar-refractivity contribution >= 4 is 68.2 Å². The van der Waals surface area contributed by atoms with E-state index in [0.29, 0.717) is 0 Å². The van der Waals surface area contributed by atoms with Crippen molar-refractivity contribution in [3.05, 3.63) is 81.2 Å². The second kappa shape index (κ2) is 21.6. The lowest BCUT2D eigenvalue weighted by molar-refractivity contribution is 0.395. The highest BCUT2D eigenvalue weighted by atomic mass is 32.1. The number of aryl methyl sites for hydroxylation is 2. The van der Waals surface area contributed by atoms with Gasteiger partial charge >= 0.3 is 0 Å². The van der Waals surface area contributed by atoms with Gasteiger partial charge in [0.15, 0.2) is 0 Å². The molecular weight excluding hydrogens is 881 g/mol. The van der Waals surface area contributed by atoms with Crippen LogP contribution in [0, 0.1) is 13.8 Å². The second-order valence-electron chi connectivity index (χ2n) is 20.2. The maximum absolute atomic E-state index is 5.34. The maximum Gasteiger partial charge on any atom is 0.114 e. The number of fused-ring (bicyclic) bond motifs is 10. The van der Waals surface area contributed by atoms with Crippen LogP contribution in [-0.4, -0.2) is 17.5 Å². The predicted octanol–water partition coefficient (Wildman–Crippen LogP) is 19.7. The number of nitrogens with zero attached hydrogens (tertiary/aromatic N) is 4. The van der Waals surface area contributed by atoms with Crippen LogP contribution in [-0.2, 0) is 10.8 Å². The Morgan fingerprint density at radius 1 is 0.379 bits per heavy atom. The van der Waals surface area contributed by atoms with Gasteiger partial charge in [-0.1, -0.05) is 162 Å². The van der Waals surface area contributed by atoms with Gasteiger partial charge in [-0.2, -0.15) is 17.5 Å². The summed E-state index contributed by atoms with van der Waals surface area (Å²) >= 11 is 6.63. The number of unbranched alkanes of at least 4 members (excludes halogenated alkanes) is 16. The Bertz CT molecular complexity index is 2700. The van der Waals surface area contributed by atoms with Crippen LogP contribution in [0.5, 0.6) is 0 Å². The molecule has 0 radical (unpaired) electrons. The van der Waals surface area contributed by atoms with Gasteiger partial charge in [0.2, 0.25) is 0 Å². The highest BCUT2D eigenvalue weighted by Crippen LogP contribution is 2.63. The van der Waals surface area contributed by atoms with E-state index in [9.17, 15) is 0 Å². The average molecular weight is 956 g/mol. The van der Waals surface area contributed by atoms with Gasteiger partial charge in [-0.15, -0.1) is 22.7 Å². The molecule has 2 aliphatic rings. The van der Waals surface area contributed by atoms with Gasteiger partial charge in [-0.25, -0.2) is 0 Å². The number of aromatic nitrogens is 4. The quantitative estimate of drug-likeness (QED) is 0.0508. The summed E-state index contributed by atoms with van der Waals surface area (Å²) in [5.74, 6) is 0. The molecule has 0 saturated heterocycles. The molecule has 0 saturated carbocycles. The standard InChI is InChI=1S/C58H74N4S4/c1-7-11-15-19-23-31-57(32-24-20-16-12-8-2)44-37-42-45(36-41(44)51-46(57)35-39(5)53-55(51)61-65-59-53)58(33-25-21-17-13-9-3,34-26-22-18-14-10-4)47-38-43(54-56(52(42)47)62-66-60-54)48-29-30-50(64-48)49-28-27-40(6)63-49/h27-30,35-38H,7-26,31-34H2,1-6H3. The fourth-order valence-electron chi connectivity index (χ4n) is 12.3. The molecule has 0 N–H and O–H groups in total. The molecule has 4 nitrogen and oxygen atoms in total. The highest BCUT2D eigenvalue weighted by Gasteiger charge is 2.49. The Kier molecular flexibility index (Phi) is 15.6. The number of rotatable bonds is 26. The van der Waals surface area contributed by atoms with Crippen molar-refractivity contribution in [1.29, 1.82) is 0 Å². The Labute approximate surface area is 413 Å². The first-order valence-corrected chi connectivity index (χ1v) is 29.4. The number of benzene rings is 3. The highest BCUT2D eigenvalue weighted by molar-refractivity contribution is 7.24. The van der Waals surface area contributed by atoms with E-state index in [2.05, 4.69) is 90.1 Å². The molecule has 4 heterocycles. The van der Waals surface area contributed by atoms with Crippen molar-refractivity contribution in [2.24, 2.45) is 0 Å². The molecule has 0 spiro atoms. The van der Waals surface area contributed by atoms with Gasteiger partial charge in [0, 0.05) is 47.0 Å². The Balaban J connectivity index is 1.28. The molecule has 8 heteroatoms. The lowest BCUT2D eigenvalue weighted by Gasteiger charge is -2.35. The van der Waals surface area contributed by atoms with Crippen molar-refractivity contribution in [3.63, 3.8) is 0 Å². The number of hydrogen-bond donors (Lipinski definition) is 0. The molecule has 66 heavy (non-hydrogen) atoms. The summed E-state index contributed by atoms with van der Waals surface area (Å²) in [5.41, 5.74) is 18.7. The van der Waals surface area contributed by atoms with Crippen LogP contribution in [0.2, 0.25) is 0 Å². The van der Waals surface area contributed by atoms with Crippen LogP contribution < -0.4 is 0 Å². The fraction of sp³-hybridized carbons (Fsp3) is 0.552. The molecule has 0 aliphatic heterocycles. The van der Waals surface area contributed by atoms with E-state index >= 15 is 0 Å². The van der Waals surface area contributed by atoms with Crippen LogP contribution in [0.15, 0.2) is 48.5 Å². The third-order valence-electron chi connectivity index (χ3n) is 15.7. The summed E-state index contributed by atoms with van der Waals surface area (Å²) in [4.78, 5) is 5.36. The summed E-state index contributed by atoms with van der Waals surface area (Å²) in [7, 11) is 0. The smallest absolute Gasteiger partial charge is 0.114 e. The normalized spacial score (nSPS) is 14.4. The zero-order valence-electron chi connectivity index (χ0n) is 41.0. The van der Waals surface area contributed by atoms with E-state index in [4.69, 9.17) is 17.5 Å². The van der Waals surface area contributed by atoms with Crippen LogP contribution in [0.4, 0.5) is 0 Å². The topological polar surface area (TPSA) is 51.6 Å². The lowest BCUT2D eigenvalue weighted by Crippen LogP contribution is -2.27. The van der Waals surface area contributed by atoms with Crippen molar-refractivity contribution < 1.29 is 0 Å². The molecule has 2 aliphatic carbocycles. The van der Waals surface area contributed by atoms with Crippen molar-refractivity contribution in [2.75, 3.05) is 0 Å². The van der Waals surface area contributed by atoms with E-state index < -0.39 is 0 Å². The predicted molar refractivity (Wildman–Crippen MR) is 290 cm³/mol. The molecule has 0 bridgehead atoms. The first-order chi connectivity index (χ1) is 32.4. The zero-order valence-corrected chi connectivity index (χ0v) is 44.3. The average Bonchev–Trinajstić information content (AvgIpc) is 4.20. The summed E-state index contributed by atoms with van der Waals surface area (Å²) in [5, 5.41) is 0. The number of thiophene rings is 2. The molecular formula is C58H74N4S4. The van der Waals surface area contributed by atoms with E-state index in [1.54, 1.807) is 16.7 Å². The summed E-state index contributed by atoms with van der Waals surface area (Å²) in [6, 6.07) is 20.0. The first-order valence-electron chi connectivity index (χ1n) is 26.3. The van der Waals surface area contributed by atoms with Gasteiger partial charge in [0.25, 0.3) is 0 Å².